The minimum atomic E-state index is 0. The number of hydrogen-bond acceptors (Lipinski definition) is 0. The van der Waals surface area contributed by atoms with Crippen LogP contribution in [0, 0.1) is 38.1 Å². The van der Waals surface area contributed by atoms with Gasteiger partial charge in [0.05, 0.1) is 0 Å². The Bertz CT molecular complexity index is 3180. The van der Waals surface area contributed by atoms with Gasteiger partial charge in [-0.05, 0) is 35.0 Å². The first-order valence-corrected chi connectivity index (χ1v) is 27.6. The summed E-state index contributed by atoms with van der Waals surface area (Å²) in [4.78, 5) is 0. The van der Waals surface area contributed by atoms with Crippen molar-refractivity contribution in [2.75, 3.05) is 0 Å². The van der Waals surface area contributed by atoms with Crippen LogP contribution < -0.4 is 0 Å². The third-order valence-corrected chi connectivity index (χ3v) is 10.6. The second kappa shape index (κ2) is 327. The van der Waals surface area contributed by atoms with Crippen LogP contribution in [-0.2, 0) is 2040 Å². The van der Waals surface area contributed by atoms with E-state index in [2.05, 4.69) is 189 Å². The van der Waals surface area contributed by atoms with E-state index in [9.17, 15) is 0 Å². The minimum Gasteiger partial charge on any atom is -0.344 e. The second-order valence-corrected chi connectivity index (χ2v) is 14.4. The zero-order chi connectivity index (χ0) is 55.8. The van der Waals surface area contributed by atoms with Crippen LogP contribution in [0.25, 0.3) is 76.6 Å². The van der Waals surface area contributed by atoms with Crippen molar-refractivity contribution in [3.63, 3.8) is 0 Å². The molecule has 0 aliphatic carbocycles. The molecule has 0 aliphatic heterocycles. The first-order chi connectivity index (χ1) is 36.5. The maximum atomic E-state index is 3.22. The average Bonchev–Trinajstić information content (AvgIpc) is 1.60. The van der Waals surface area contributed by atoms with Gasteiger partial charge in [0.1, 0.15) is 0 Å². The normalized spacial score (nSPS) is 4.94. The van der Waals surface area contributed by atoms with Crippen LogP contribution in [0.4, 0.5) is 0 Å². The van der Waals surface area contributed by atoms with Crippen molar-refractivity contribution < 1.29 is 2030 Å². The molecule has 64 heteroatoms. The van der Waals surface area contributed by atoms with E-state index in [1.807, 2.05) is 178 Å². The third kappa shape index (κ3) is 210. The molecule has 0 unspecified atom stereocenters. The van der Waals surface area contributed by atoms with Gasteiger partial charge in [-0.15, -0.1) is 29.8 Å². The van der Waals surface area contributed by atoms with E-state index in [4.69, 9.17) is 0 Å². The summed E-state index contributed by atoms with van der Waals surface area (Å²) in [5.41, 5.74) is 12.2. The monoisotopic (exact) mass is 6500 g/mol. The number of aromatic nitrogens is 2. The van der Waals surface area contributed by atoms with E-state index in [0.29, 0.717) is 0 Å². The van der Waals surface area contributed by atoms with Crippen molar-refractivity contribution in [3.05, 3.63) is 230 Å². The smallest absolute Gasteiger partial charge is 0.0495 e. The van der Waals surface area contributed by atoms with Gasteiger partial charge in [-0.2, -0.15) is 90.5 Å². The van der Waals surface area contributed by atoms with Gasteiger partial charge in [0, 0.05) is 2090 Å². The summed E-state index contributed by atoms with van der Waals surface area (Å²) >= 11 is 0. The zero-order valence-electron chi connectivity index (χ0n) is 85.2. The number of para-hydroxylation sites is 3. The molecule has 2 aromatic heterocycles. The fourth-order valence-corrected chi connectivity index (χ4v) is 7.70. The van der Waals surface area contributed by atoms with Gasteiger partial charge in [0.25, 0.3) is 0 Å². The molecule has 11 aromatic rings. The Hall–Kier alpha value is 61.3. The number of nitrogens with zero attached hydrogens (tertiary/aromatic N) is 2. The number of rotatable bonds is 2. The zero-order valence-corrected chi connectivity index (χ0v) is 261. The quantitative estimate of drug-likeness (QED) is 0.153. The molecule has 62 radical (unpaired) electrons. The van der Waals surface area contributed by atoms with E-state index in [0.717, 1.165) is 22.3 Å². The van der Waals surface area contributed by atoms with Crippen LogP contribution in [-0.4, -0.2) is 9.13 Å². The Balaban J connectivity index is -0.00000000714. The summed E-state index contributed by atoms with van der Waals surface area (Å²) < 4.78 is 4.52. The summed E-state index contributed by atoms with van der Waals surface area (Å²) in [5.74, 6) is 0. The molecule has 9 aromatic carbocycles. The van der Waals surface area contributed by atoms with Crippen LogP contribution in [0.15, 0.2) is 194 Å². The van der Waals surface area contributed by atoms with Gasteiger partial charge in [0.15, 0.2) is 0 Å². The molecular weight excluding hydrogens is 6400 g/mol. The molecule has 2 heterocycles. The van der Waals surface area contributed by atoms with Crippen molar-refractivity contribution in [1.82, 2.24) is 9.13 Å². The van der Waals surface area contributed by atoms with Crippen LogP contribution in [0.2, 0.25) is 0 Å². The summed E-state index contributed by atoms with van der Waals surface area (Å²) in [6.07, 6.45) is 0. The molecule has 0 spiro atoms. The maximum Gasteiger partial charge on any atom is 0.0495 e. The molecule has 0 saturated heterocycles. The fraction of sp³-hybridized carbons (Fsp3) is 0.278. The fourth-order valence-electron chi connectivity index (χ4n) is 7.70. The molecule has 0 atom stereocenters. The summed E-state index contributed by atoms with van der Waals surface area (Å²) in [6, 6.07) is 79.5. The molecular formula is C72H92N2Y62-4. The average molecular weight is 6500 g/mol. The predicted octanol–water partition coefficient (Wildman–Crippen LogP) is 22.4. The van der Waals surface area contributed by atoms with E-state index < -0.39 is 0 Å². The molecule has 2 nitrogen and oxygen atoms in total. The topological polar surface area (TPSA) is 9.86 Å². The van der Waals surface area contributed by atoms with E-state index in [-0.39, 0.29) is 2030 Å². The van der Waals surface area contributed by atoms with Crippen LogP contribution in [0.5, 0.6) is 0 Å². The van der Waals surface area contributed by atoms with Crippen molar-refractivity contribution in [1.29, 1.82) is 0 Å². The first kappa shape index (κ1) is 422. The molecule has 136 heavy (non-hydrogen) atoms. The third-order valence-electron chi connectivity index (χ3n) is 10.6. The Morgan fingerprint density at radius 1 is 0.169 bits per heavy atom. The van der Waals surface area contributed by atoms with E-state index in [1.54, 1.807) is 0 Å². The SMILES string of the molecule is CC.CC.CC.CC.CC.CC.CC.CC.Cc1cc[c-]c(-c2[c-]cccc2)c1.Cc1ccc[c-]c1-c1[c-]cccc1.Cn1c2ccccc2c2c3ccccc3ccc21.Cn1c2ccccc2c2ccccc21.[Y].[Y].[Y].[Y].[Y].[Y].[Y].[Y].[Y].[Y].[Y].[Y].[Y].[Y].[Y].[Y].[Y].[Y].[Y].[Y].[Y].[Y].[Y].[Y].[Y].[Y].[Y].[Y].[Y].[Y].[Y].[Y].[Y].[Y].[Y].[Y].[Y].[Y].[Y].[Y].[Y].[Y].[Y].[Y].[Y].[Y].[Y].[Y].[Y].[Y].[Y].[Y].[Y].[Y].[Y].[Y].[Y].[Y].[Y].[Y].[Y].[Y]. The van der Waals surface area contributed by atoms with Gasteiger partial charge in [-0.1, -0.05) is 210 Å². The Kier molecular flexibility index (Phi) is 1010. The standard InChI is InChI=1S/C17H13N.C13H11N.2C13H10.8C2H6.62Y/c1-18-15-9-5-4-8-14(15)17-13-7-3-2-6-12(13)10-11-16(17)18;1-14-12-8-4-2-6-10(12)11-7-3-5-9-13(11)14;1-11-7-5-6-10-13(11)12-8-3-2-4-9-12;1-11-6-5-9-13(10-11)12-7-3-2-4-8-12;8*1-2;;;;;;;;;;;;;;;;;;;;;;;;;;;;;;;;;;;;;;;;;;;;;;;;;;;;;;;;;;;;;;/h2-11H,1H3;2-9H,1H3;2-8H,1H3;2-7,10H,1H3;8*1-2H3;;;;;;;;;;;;;;;;;;;;;;;;;;;;;;;;;;;;;;;;;;;;;;;;;;;;;;;;;;;;;;/q;;2*-2;;;;;;;;;;;;;;;;;;;;;;;;;;;;;;;;;;;;;;;;;;;;;;;;;;;;;;;;;;;;;;;;;;;;;;. The number of benzene rings is 9. The Morgan fingerprint density at radius 2 is 0.390 bits per heavy atom. The number of fused-ring (bicyclic) bond motifs is 8. The van der Waals surface area contributed by atoms with Gasteiger partial charge >= 0.3 is 0 Å². The maximum absolute atomic E-state index is 3.22. The molecule has 0 fully saturated rings. The Labute approximate surface area is 2400 Å². The van der Waals surface area contributed by atoms with Crippen molar-refractivity contribution in [3.8, 4) is 22.3 Å². The minimum absolute atomic E-state index is 0. The molecule has 0 N–H and O–H groups in total. The summed E-state index contributed by atoms with van der Waals surface area (Å²) in [6.45, 7) is 36.2. The molecule has 0 amide bonds. The van der Waals surface area contributed by atoms with Crippen LogP contribution in [0.1, 0.15) is 122 Å². The van der Waals surface area contributed by atoms with Gasteiger partial charge in [0.2, 0.25) is 0 Å². The van der Waals surface area contributed by atoms with Crippen molar-refractivity contribution in [2.24, 2.45) is 14.1 Å². The number of aryl methyl sites for hydroxylation is 4. The first-order valence-electron chi connectivity index (χ1n) is 27.6. The van der Waals surface area contributed by atoms with Crippen molar-refractivity contribution >= 4 is 54.4 Å². The summed E-state index contributed by atoms with van der Waals surface area (Å²) in [7, 11) is 4.25. The summed E-state index contributed by atoms with van der Waals surface area (Å²) in [5, 5.41) is 8.03. The molecule has 0 bridgehead atoms. The molecule has 580 valence electrons. The number of hydrogen-bond donors (Lipinski definition) is 0. The molecule has 0 saturated carbocycles. The molecule has 11 rings (SSSR count). The van der Waals surface area contributed by atoms with Crippen molar-refractivity contribution in [2.45, 2.75) is 125 Å². The van der Waals surface area contributed by atoms with Gasteiger partial charge in [-0.3, -0.25) is 0 Å². The van der Waals surface area contributed by atoms with E-state index in [1.165, 1.54) is 65.5 Å². The predicted molar refractivity (Wildman–Crippen MR) is 338 cm³/mol. The van der Waals surface area contributed by atoms with E-state index >= 15 is 0 Å². The van der Waals surface area contributed by atoms with Crippen LogP contribution >= 0.6 is 0 Å². The molecule has 0 aliphatic rings. The Morgan fingerprint density at radius 3 is 0.654 bits per heavy atom. The van der Waals surface area contributed by atoms with Gasteiger partial charge in [-0.25, -0.2) is 22.3 Å². The van der Waals surface area contributed by atoms with Crippen LogP contribution in [0.3, 0.4) is 0 Å². The largest absolute Gasteiger partial charge is 0.344 e. The second-order valence-electron chi connectivity index (χ2n) is 14.4. The van der Waals surface area contributed by atoms with Gasteiger partial charge < -0.3 is 9.13 Å².